The van der Waals surface area contributed by atoms with Crippen molar-refractivity contribution in [1.29, 1.82) is 0 Å². The molecule has 1 aromatic heterocycles. The van der Waals surface area contributed by atoms with Gasteiger partial charge in [0.15, 0.2) is 0 Å². The van der Waals surface area contributed by atoms with Gasteiger partial charge in [-0.05, 0) is 46.3 Å². The Balaban J connectivity index is 1.89. The van der Waals surface area contributed by atoms with E-state index in [-0.39, 0.29) is 5.91 Å². The second-order valence-electron chi connectivity index (χ2n) is 4.49. The predicted octanol–water partition coefficient (Wildman–Crippen LogP) is 3.59. The second-order valence-corrected chi connectivity index (χ2v) is 5.35. The summed E-state index contributed by atoms with van der Waals surface area (Å²) in [4.78, 5) is 16.5. The Kier molecular flexibility index (Phi) is 3.28. The van der Waals surface area contributed by atoms with Gasteiger partial charge in [0.05, 0.1) is 22.9 Å². The molecule has 1 heterocycles. The van der Waals surface area contributed by atoms with E-state index >= 15 is 0 Å². The fourth-order valence-electron chi connectivity index (χ4n) is 2.06. The molecule has 100 valence electrons. The maximum absolute atomic E-state index is 12.2. The van der Waals surface area contributed by atoms with E-state index in [0.717, 1.165) is 21.2 Å². The Morgan fingerprint density at radius 2 is 2.05 bits per heavy atom. The monoisotopic (exact) mass is 329 g/mol. The second kappa shape index (κ2) is 5.09. The van der Waals surface area contributed by atoms with Gasteiger partial charge < -0.3 is 9.88 Å². The fraction of sp³-hybridized carbons (Fsp3) is 0.0667. The Bertz CT molecular complexity index is 795. The molecule has 0 bridgehead atoms. The fourth-order valence-corrected chi connectivity index (χ4v) is 2.52. The largest absolute Gasteiger partial charge is 0.334 e. The predicted molar refractivity (Wildman–Crippen MR) is 82.8 cm³/mol. The summed E-state index contributed by atoms with van der Waals surface area (Å²) in [5, 5.41) is 2.88. The Morgan fingerprint density at radius 3 is 2.85 bits per heavy atom. The normalized spacial score (nSPS) is 10.7. The first-order chi connectivity index (χ1) is 9.65. The molecule has 0 saturated carbocycles. The summed E-state index contributed by atoms with van der Waals surface area (Å²) in [6.45, 7) is 0. The van der Waals surface area contributed by atoms with Crippen LogP contribution in [0.1, 0.15) is 10.4 Å². The first-order valence-electron chi connectivity index (χ1n) is 6.12. The van der Waals surface area contributed by atoms with Crippen molar-refractivity contribution in [2.75, 3.05) is 5.32 Å². The van der Waals surface area contributed by atoms with Crippen LogP contribution in [0.4, 0.5) is 5.69 Å². The van der Waals surface area contributed by atoms with Crippen molar-refractivity contribution in [3.8, 4) is 0 Å². The van der Waals surface area contributed by atoms with Crippen molar-refractivity contribution < 1.29 is 4.79 Å². The maximum Gasteiger partial charge on any atom is 0.256 e. The van der Waals surface area contributed by atoms with E-state index in [1.807, 2.05) is 48.0 Å². The van der Waals surface area contributed by atoms with Crippen LogP contribution in [-0.2, 0) is 7.05 Å². The van der Waals surface area contributed by atoms with E-state index < -0.39 is 0 Å². The molecule has 4 nitrogen and oxygen atoms in total. The molecular weight excluding hydrogens is 318 g/mol. The van der Waals surface area contributed by atoms with Gasteiger partial charge >= 0.3 is 0 Å². The molecule has 0 atom stereocenters. The summed E-state index contributed by atoms with van der Waals surface area (Å²) in [7, 11) is 1.94. The number of carbonyl (C=O) groups is 1. The number of rotatable bonds is 2. The topological polar surface area (TPSA) is 46.9 Å². The quantitative estimate of drug-likeness (QED) is 0.781. The van der Waals surface area contributed by atoms with Gasteiger partial charge in [0.1, 0.15) is 0 Å². The molecule has 1 amide bonds. The van der Waals surface area contributed by atoms with Crippen molar-refractivity contribution in [3.63, 3.8) is 0 Å². The number of halogens is 1. The molecule has 0 saturated heterocycles. The van der Waals surface area contributed by atoms with Crippen LogP contribution in [0.3, 0.4) is 0 Å². The number of amides is 1. The molecule has 20 heavy (non-hydrogen) atoms. The summed E-state index contributed by atoms with van der Waals surface area (Å²) in [6, 6.07) is 13.0. The van der Waals surface area contributed by atoms with Crippen LogP contribution in [-0.4, -0.2) is 15.5 Å². The highest BCUT2D eigenvalue weighted by molar-refractivity contribution is 9.10. The molecule has 0 radical (unpaired) electrons. The molecule has 1 N–H and O–H groups in total. The molecule has 3 rings (SSSR count). The number of carbonyl (C=O) groups excluding carboxylic acids is 1. The van der Waals surface area contributed by atoms with Gasteiger partial charge in [-0.1, -0.05) is 12.1 Å². The van der Waals surface area contributed by atoms with E-state index in [2.05, 4.69) is 26.2 Å². The number of nitrogens with one attached hydrogen (secondary N) is 1. The lowest BCUT2D eigenvalue weighted by atomic mass is 10.2. The Morgan fingerprint density at radius 1 is 1.25 bits per heavy atom. The van der Waals surface area contributed by atoms with Crippen molar-refractivity contribution >= 4 is 38.6 Å². The summed E-state index contributed by atoms with van der Waals surface area (Å²) in [5.41, 5.74) is 3.23. The van der Waals surface area contributed by atoms with Crippen molar-refractivity contribution in [2.45, 2.75) is 0 Å². The number of anilines is 1. The first-order valence-corrected chi connectivity index (χ1v) is 6.91. The highest BCUT2D eigenvalue weighted by Gasteiger charge is 2.10. The third-order valence-corrected chi connectivity index (χ3v) is 3.79. The SMILES string of the molecule is Cn1cnc2cc(NC(=O)c3ccccc3Br)ccc21. The number of fused-ring (bicyclic) bond motifs is 1. The van der Waals surface area contributed by atoms with E-state index in [4.69, 9.17) is 0 Å². The molecule has 0 aliphatic carbocycles. The van der Waals surface area contributed by atoms with Crippen molar-refractivity contribution in [2.24, 2.45) is 7.05 Å². The van der Waals surface area contributed by atoms with Crippen LogP contribution in [0.2, 0.25) is 0 Å². The van der Waals surface area contributed by atoms with Gasteiger partial charge in [0.25, 0.3) is 5.91 Å². The van der Waals surface area contributed by atoms with E-state index in [0.29, 0.717) is 5.56 Å². The lowest BCUT2D eigenvalue weighted by Crippen LogP contribution is -2.12. The smallest absolute Gasteiger partial charge is 0.256 e. The zero-order valence-corrected chi connectivity index (χ0v) is 12.4. The number of aromatic nitrogens is 2. The van der Waals surface area contributed by atoms with E-state index in [1.165, 1.54) is 0 Å². The number of hydrogen-bond donors (Lipinski definition) is 1. The van der Waals surface area contributed by atoms with Gasteiger partial charge in [-0.15, -0.1) is 0 Å². The lowest BCUT2D eigenvalue weighted by molar-refractivity contribution is 0.102. The molecule has 0 aliphatic heterocycles. The van der Waals surface area contributed by atoms with Crippen LogP contribution in [0.15, 0.2) is 53.3 Å². The van der Waals surface area contributed by atoms with E-state index in [1.54, 1.807) is 12.4 Å². The highest BCUT2D eigenvalue weighted by atomic mass is 79.9. The molecule has 5 heteroatoms. The highest BCUT2D eigenvalue weighted by Crippen LogP contribution is 2.20. The number of hydrogen-bond acceptors (Lipinski definition) is 2. The summed E-state index contributed by atoms with van der Waals surface area (Å²) in [6.07, 6.45) is 1.75. The van der Waals surface area contributed by atoms with Gasteiger partial charge in [-0.25, -0.2) is 4.98 Å². The number of nitrogens with zero attached hydrogens (tertiary/aromatic N) is 2. The average Bonchev–Trinajstić information content (AvgIpc) is 2.80. The summed E-state index contributed by atoms with van der Waals surface area (Å²) >= 11 is 3.38. The van der Waals surface area contributed by atoms with Gasteiger partial charge in [-0.2, -0.15) is 0 Å². The maximum atomic E-state index is 12.2. The molecular formula is C15H12BrN3O. The molecule has 0 unspecified atom stereocenters. The zero-order chi connectivity index (χ0) is 14.1. The molecule has 0 aliphatic rings. The van der Waals surface area contributed by atoms with Crippen LogP contribution in [0.5, 0.6) is 0 Å². The van der Waals surface area contributed by atoms with Crippen molar-refractivity contribution in [1.82, 2.24) is 9.55 Å². The van der Waals surface area contributed by atoms with Crippen LogP contribution >= 0.6 is 15.9 Å². The van der Waals surface area contributed by atoms with Crippen molar-refractivity contribution in [3.05, 3.63) is 58.8 Å². The van der Waals surface area contributed by atoms with Gasteiger partial charge in [0.2, 0.25) is 0 Å². The summed E-state index contributed by atoms with van der Waals surface area (Å²) in [5.74, 6) is -0.146. The van der Waals surface area contributed by atoms with Gasteiger partial charge in [-0.3, -0.25) is 4.79 Å². The molecule has 0 spiro atoms. The zero-order valence-electron chi connectivity index (χ0n) is 10.8. The first kappa shape index (κ1) is 12.9. The van der Waals surface area contributed by atoms with Gasteiger partial charge in [0, 0.05) is 17.2 Å². The number of imidazole rings is 1. The molecule has 3 aromatic rings. The lowest BCUT2D eigenvalue weighted by Gasteiger charge is -2.07. The Labute approximate surface area is 124 Å². The number of benzene rings is 2. The average molecular weight is 330 g/mol. The standard InChI is InChI=1S/C15H12BrN3O/c1-19-9-17-13-8-10(6-7-14(13)19)18-15(20)11-4-2-3-5-12(11)16/h2-9H,1H3,(H,18,20). The summed E-state index contributed by atoms with van der Waals surface area (Å²) < 4.78 is 2.71. The molecule has 0 fully saturated rings. The number of aryl methyl sites for hydroxylation is 1. The van der Waals surface area contributed by atoms with Crippen LogP contribution < -0.4 is 5.32 Å². The minimum Gasteiger partial charge on any atom is -0.334 e. The minimum atomic E-state index is -0.146. The Hall–Kier alpha value is -2.14. The van der Waals surface area contributed by atoms with Crippen LogP contribution in [0, 0.1) is 0 Å². The van der Waals surface area contributed by atoms with Crippen LogP contribution in [0.25, 0.3) is 11.0 Å². The third kappa shape index (κ3) is 2.32. The molecule has 2 aromatic carbocycles. The third-order valence-electron chi connectivity index (χ3n) is 3.10. The van der Waals surface area contributed by atoms with E-state index in [9.17, 15) is 4.79 Å². The minimum absolute atomic E-state index is 0.146.